The molecule has 2 heterocycles. The molecule has 6 nitrogen and oxygen atoms in total. The van der Waals surface area contributed by atoms with E-state index in [2.05, 4.69) is 0 Å². The summed E-state index contributed by atoms with van der Waals surface area (Å²) in [5, 5.41) is 0. The van der Waals surface area contributed by atoms with Gasteiger partial charge >= 0.3 is 0 Å². The van der Waals surface area contributed by atoms with Crippen LogP contribution in [-0.2, 0) is 11.2 Å². The topological polar surface area (TPSA) is 59.1 Å². The van der Waals surface area contributed by atoms with E-state index in [1.54, 1.807) is 14.2 Å². The van der Waals surface area contributed by atoms with E-state index in [0.29, 0.717) is 30.6 Å². The summed E-state index contributed by atoms with van der Waals surface area (Å²) in [5.41, 5.74) is 1.78. The molecular formula is C26H32N2O4. The minimum absolute atomic E-state index is 0.0987. The standard InChI is InChI=1S/C26H32N2O4/c1-31-23-10-6-9-19(25(23)32-2)11-14-27-15-13-22-18-28(16-12-21(22)17-24(27)29)26(30)20-7-4-3-5-8-20/h3-10,21-22H,11-18H2,1-2H3. The summed E-state index contributed by atoms with van der Waals surface area (Å²) in [5.74, 6) is 2.50. The molecule has 0 aromatic heterocycles. The molecule has 0 aliphatic carbocycles. The van der Waals surface area contributed by atoms with Crippen LogP contribution in [0.1, 0.15) is 35.2 Å². The summed E-state index contributed by atoms with van der Waals surface area (Å²) in [4.78, 5) is 29.8. The Morgan fingerprint density at radius 2 is 1.75 bits per heavy atom. The summed E-state index contributed by atoms with van der Waals surface area (Å²) in [6.45, 7) is 2.86. The molecule has 0 radical (unpaired) electrons. The van der Waals surface area contributed by atoms with Crippen molar-refractivity contribution in [2.24, 2.45) is 11.8 Å². The third-order valence-corrected chi connectivity index (χ3v) is 6.89. The summed E-state index contributed by atoms with van der Waals surface area (Å²) < 4.78 is 10.9. The molecule has 2 amide bonds. The third-order valence-electron chi connectivity index (χ3n) is 6.89. The fraction of sp³-hybridized carbons (Fsp3) is 0.462. The summed E-state index contributed by atoms with van der Waals surface area (Å²) >= 11 is 0. The number of fused-ring (bicyclic) bond motifs is 1. The molecule has 2 aromatic rings. The maximum Gasteiger partial charge on any atom is 0.253 e. The first-order valence-electron chi connectivity index (χ1n) is 11.4. The van der Waals surface area contributed by atoms with E-state index in [0.717, 1.165) is 55.8 Å². The minimum atomic E-state index is 0.0987. The number of hydrogen-bond donors (Lipinski definition) is 0. The average Bonchev–Trinajstić information content (AvgIpc) is 2.99. The van der Waals surface area contributed by atoms with Gasteiger partial charge in [-0.3, -0.25) is 9.59 Å². The van der Waals surface area contributed by atoms with Crippen LogP contribution in [0.3, 0.4) is 0 Å². The Bertz CT molecular complexity index is 946. The van der Waals surface area contributed by atoms with Crippen molar-refractivity contribution in [2.75, 3.05) is 40.4 Å². The molecule has 2 saturated heterocycles. The van der Waals surface area contributed by atoms with Crippen LogP contribution in [0.15, 0.2) is 48.5 Å². The summed E-state index contributed by atoms with van der Waals surface area (Å²) in [6.07, 6.45) is 3.13. The number of hydrogen-bond acceptors (Lipinski definition) is 4. The average molecular weight is 437 g/mol. The van der Waals surface area contributed by atoms with Crippen molar-refractivity contribution in [3.8, 4) is 11.5 Å². The van der Waals surface area contributed by atoms with Crippen LogP contribution in [0, 0.1) is 11.8 Å². The monoisotopic (exact) mass is 436 g/mol. The van der Waals surface area contributed by atoms with Crippen molar-refractivity contribution in [3.63, 3.8) is 0 Å². The number of likely N-dealkylation sites (tertiary alicyclic amines) is 2. The molecule has 0 bridgehead atoms. The van der Waals surface area contributed by atoms with E-state index in [1.165, 1.54) is 0 Å². The highest BCUT2D eigenvalue weighted by Crippen LogP contribution is 2.34. The van der Waals surface area contributed by atoms with Gasteiger partial charge in [0.2, 0.25) is 5.91 Å². The number of carbonyl (C=O) groups excluding carboxylic acids is 2. The number of piperidine rings is 1. The molecule has 4 rings (SSSR count). The van der Waals surface area contributed by atoms with E-state index in [4.69, 9.17) is 9.47 Å². The van der Waals surface area contributed by atoms with Crippen molar-refractivity contribution in [3.05, 3.63) is 59.7 Å². The first-order chi connectivity index (χ1) is 15.6. The fourth-order valence-electron chi connectivity index (χ4n) is 5.07. The van der Waals surface area contributed by atoms with Crippen LogP contribution in [0.5, 0.6) is 11.5 Å². The van der Waals surface area contributed by atoms with Gasteiger partial charge < -0.3 is 19.3 Å². The molecule has 2 aliphatic heterocycles. The molecule has 2 unspecified atom stereocenters. The summed E-state index contributed by atoms with van der Waals surface area (Å²) in [6, 6.07) is 15.3. The zero-order chi connectivity index (χ0) is 22.5. The lowest BCUT2D eigenvalue weighted by atomic mass is 9.82. The Hall–Kier alpha value is -3.02. The third kappa shape index (κ3) is 4.74. The second-order valence-electron chi connectivity index (χ2n) is 8.70. The van der Waals surface area contributed by atoms with Crippen LogP contribution >= 0.6 is 0 Å². The van der Waals surface area contributed by atoms with Crippen molar-refractivity contribution >= 4 is 11.8 Å². The second-order valence-corrected chi connectivity index (χ2v) is 8.70. The van der Waals surface area contributed by atoms with Crippen LogP contribution in [0.2, 0.25) is 0 Å². The Kier molecular flexibility index (Phi) is 6.98. The summed E-state index contributed by atoms with van der Waals surface area (Å²) in [7, 11) is 3.28. The number of amides is 2. The minimum Gasteiger partial charge on any atom is -0.493 e. The first-order valence-corrected chi connectivity index (χ1v) is 11.4. The molecule has 2 aliphatic rings. The van der Waals surface area contributed by atoms with Gasteiger partial charge in [0.1, 0.15) is 0 Å². The van der Waals surface area contributed by atoms with Gasteiger partial charge in [0.25, 0.3) is 5.91 Å². The van der Waals surface area contributed by atoms with Gasteiger partial charge in [-0.25, -0.2) is 0 Å². The quantitative estimate of drug-likeness (QED) is 0.694. The highest BCUT2D eigenvalue weighted by molar-refractivity contribution is 5.94. The molecular weight excluding hydrogens is 404 g/mol. The zero-order valence-corrected chi connectivity index (χ0v) is 19.0. The molecule has 2 fully saturated rings. The lowest BCUT2D eigenvalue weighted by molar-refractivity contribution is -0.131. The molecule has 2 atom stereocenters. The van der Waals surface area contributed by atoms with E-state index in [9.17, 15) is 9.59 Å². The predicted octanol–water partition coefficient (Wildman–Crippen LogP) is 3.65. The maximum absolute atomic E-state index is 13.0. The Balaban J connectivity index is 1.38. The van der Waals surface area contributed by atoms with Crippen molar-refractivity contribution in [1.29, 1.82) is 0 Å². The van der Waals surface area contributed by atoms with Gasteiger partial charge in [0, 0.05) is 38.2 Å². The van der Waals surface area contributed by atoms with Gasteiger partial charge in [-0.2, -0.15) is 0 Å². The Morgan fingerprint density at radius 1 is 0.969 bits per heavy atom. The van der Waals surface area contributed by atoms with Crippen LogP contribution in [0.25, 0.3) is 0 Å². The molecule has 0 N–H and O–H groups in total. The lowest BCUT2D eigenvalue weighted by Crippen LogP contribution is -2.43. The molecule has 0 saturated carbocycles. The molecule has 170 valence electrons. The van der Waals surface area contributed by atoms with Crippen LogP contribution in [0.4, 0.5) is 0 Å². The number of para-hydroxylation sites is 1. The number of carbonyl (C=O) groups is 2. The smallest absolute Gasteiger partial charge is 0.253 e. The van der Waals surface area contributed by atoms with Gasteiger partial charge in [0.15, 0.2) is 11.5 Å². The number of nitrogens with zero attached hydrogens (tertiary/aromatic N) is 2. The Labute approximate surface area is 190 Å². The number of rotatable bonds is 6. The van der Waals surface area contributed by atoms with Crippen molar-refractivity contribution < 1.29 is 19.1 Å². The molecule has 6 heteroatoms. The molecule has 2 aromatic carbocycles. The van der Waals surface area contributed by atoms with E-state index >= 15 is 0 Å². The van der Waals surface area contributed by atoms with Crippen molar-refractivity contribution in [1.82, 2.24) is 9.80 Å². The fourth-order valence-corrected chi connectivity index (χ4v) is 5.07. The molecule has 32 heavy (non-hydrogen) atoms. The number of ether oxygens (including phenoxy) is 2. The van der Waals surface area contributed by atoms with E-state index in [-0.39, 0.29) is 11.8 Å². The number of methoxy groups -OCH3 is 2. The van der Waals surface area contributed by atoms with Crippen molar-refractivity contribution in [2.45, 2.75) is 25.7 Å². The van der Waals surface area contributed by atoms with Crippen LogP contribution in [-0.4, -0.2) is 62.0 Å². The number of benzene rings is 2. The SMILES string of the molecule is COc1cccc(CCN2CCC3CN(C(=O)c4ccccc4)CCC3CC2=O)c1OC. The van der Waals surface area contributed by atoms with E-state index in [1.807, 2.05) is 58.3 Å². The Morgan fingerprint density at radius 3 is 2.50 bits per heavy atom. The van der Waals surface area contributed by atoms with Gasteiger partial charge in [-0.05, 0) is 54.9 Å². The maximum atomic E-state index is 13.0. The molecule has 0 spiro atoms. The predicted molar refractivity (Wildman–Crippen MR) is 123 cm³/mol. The van der Waals surface area contributed by atoms with Gasteiger partial charge in [-0.1, -0.05) is 30.3 Å². The van der Waals surface area contributed by atoms with Gasteiger partial charge in [0.05, 0.1) is 14.2 Å². The lowest BCUT2D eigenvalue weighted by Gasteiger charge is -2.37. The van der Waals surface area contributed by atoms with Gasteiger partial charge in [-0.15, -0.1) is 0 Å². The van der Waals surface area contributed by atoms with E-state index < -0.39 is 0 Å². The zero-order valence-electron chi connectivity index (χ0n) is 19.0. The second kappa shape index (κ2) is 10.1. The highest BCUT2D eigenvalue weighted by atomic mass is 16.5. The largest absolute Gasteiger partial charge is 0.493 e. The normalized spacial score (nSPS) is 21.0. The first kappa shape index (κ1) is 22.2. The van der Waals surface area contributed by atoms with Crippen LogP contribution < -0.4 is 9.47 Å². The highest BCUT2D eigenvalue weighted by Gasteiger charge is 2.36.